The Bertz CT molecular complexity index is 1350. The monoisotopic (exact) mass is 534 g/mol. The lowest BCUT2D eigenvalue weighted by atomic mass is 9.81. The molecular formula is C30H38N4O5. The van der Waals surface area contributed by atoms with E-state index in [1.54, 1.807) is 12.1 Å². The Morgan fingerprint density at radius 1 is 1.00 bits per heavy atom. The number of pyridine rings is 1. The van der Waals surface area contributed by atoms with Gasteiger partial charge in [0, 0.05) is 42.5 Å². The van der Waals surface area contributed by atoms with E-state index in [2.05, 4.69) is 10.6 Å². The molecular weight excluding hydrogens is 496 g/mol. The Morgan fingerprint density at radius 2 is 1.69 bits per heavy atom. The number of imidazole rings is 1. The van der Waals surface area contributed by atoms with Crippen LogP contribution in [0.3, 0.4) is 0 Å². The lowest BCUT2D eigenvalue weighted by Crippen LogP contribution is -2.45. The molecule has 3 heterocycles. The molecule has 39 heavy (non-hydrogen) atoms. The number of rotatable bonds is 6. The van der Waals surface area contributed by atoms with Gasteiger partial charge in [0.05, 0.1) is 11.6 Å². The van der Waals surface area contributed by atoms with Crippen molar-refractivity contribution in [2.45, 2.75) is 65.7 Å². The van der Waals surface area contributed by atoms with Gasteiger partial charge in [-0.1, -0.05) is 24.3 Å². The van der Waals surface area contributed by atoms with Gasteiger partial charge in [-0.2, -0.15) is 0 Å². The summed E-state index contributed by atoms with van der Waals surface area (Å²) in [4.78, 5) is 42.9. The van der Waals surface area contributed by atoms with Gasteiger partial charge in [0.2, 0.25) is 0 Å². The third-order valence-electron chi connectivity index (χ3n) is 6.35. The number of nitrogens with zero attached hydrogens (tertiary/aromatic N) is 2. The molecule has 2 N–H and O–H groups in total. The predicted molar refractivity (Wildman–Crippen MR) is 148 cm³/mol. The lowest BCUT2D eigenvalue weighted by molar-refractivity contribution is -0.162. The summed E-state index contributed by atoms with van der Waals surface area (Å²) in [6.07, 6.45) is 3.91. The van der Waals surface area contributed by atoms with Gasteiger partial charge in [-0.3, -0.25) is 9.59 Å². The van der Waals surface area contributed by atoms with Crippen LogP contribution in [0.15, 0.2) is 48.8 Å². The molecule has 1 aliphatic heterocycles. The number of amides is 1. The zero-order valence-electron chi connectivity index (χ0n) is 23.5. The van der Waals surface area contributed by atoms with Gasteiger partial charge in [-0.25, -0.2) is 9.78 Å². The largest absolute Gasteiger partial charge is 0.460 e. The average molecular weight is 535 g/mol. The second kappa shape index (κ2) is 11.2. The average Bonchev–Trinajstić information content (AvgIpc) is 3.29. The summed E-state index contributed by atoms with van der Waals surface area (Å²) in [6, 6.07) is 11.2. The van der Waals surface area contributed by atoms with Gasteiger partial charge >= 0.3 is 12.1 Å². The summed E-state index contributed by atoms with van der Waals surface area (Å²) >= 11 is 0. The van der Waals surface area contributed by atoms with E-state index in [4.69, 9.17) is 14.5 Å². The summed E-state index contributed by atoms with van der Waals surface area (Å²) in [5.74, 6) is -1.32. The van der Waals surface area contributed by atoms with Gasteiger partial charge in [0.15, 0.2) is 5.78 Å². The molecule has 208 valence electrons. The maximum atomic E-state index is 13.4. The highest BCUT2D eigenvalue weighted by atomic mass is 16.6. The summed E-state index contributed by atoms with van der Waals surface area (Å²) in [5, 5.41) is 6.00. The number of ether oxygens (including phenoxy) is 2. The highest BCUT2D eigenvalue weighted by molar-refractivity contribution is 6.00. The van der Waals surface area contributed by atoms with E-state index >= 15 is 0 Å². The van der Waals surface area contributed by atoms with Crippen molar-refractivity contribution in [2.75, 3.05) is 13.1 Å². The first-order valence-corrected chi connectivity index (χ1v) is 13.3. The SMILES string of the molecule is CC(C)(C)OC(=O)NCc1ccn2cc(-c3ccc(C(=O)C4CNCCC4C(=O)OC(C)(C)C)cc3)nc2c1. The molecule has 0 bridgehead atoms. The lowest BCUT2D eigenvalue weighted by Gasteiger charge is -2.32. The molecule has 4 rings (SSSR count). The molecule has 0 saturated carbocycles. The van der Waals surface area contributed by atoms with Gasteiger partial charge in [0.1, 0.15) is 16.8 Å². The van der Waals surface area contributed by atoms with Crippen molar-refractivity contribution in [3.8, 4) is 11.3 Å². The van der Waals surface area contributed by atoms with E-state index in [1.807, 2.05) is 82.6 Å². The first kappa shape index (κ1) is 28.3. The first-order valence-electron chi connectivity index (χ1n) is 13.3. The van der Waals surface area contributed by atoms with Crippen LogP contribution >= 0.6 is 0 Å². The Labute approximate surface area is 229 Å². The number of hydrogen-bond donors (Lipinski definition) is 2. The number of benzene rings is 1. The number of ketones is 1. The number of fused-ring (bicyclic) bond motifs is 1. The smallest absolute Gasteiger partial charge is 0.407 e. The molecule has 3 aromatic rings. The number of carbonyl (C=O) groups is 3. The van der Waals surface area contributed by atoms with Crippen LogP contribution in [-0.2, 0) is 20.8 Å². The topological polar surface area (TPSA) is 111 Å². The second-order valence-electron chi connectivity index (χ2n) is 12.0. The molecule has 0 aliphatic carbocycles. The van der Waals surface area contributed by atoms with Gasteiger partial charge in [-0.05, 0) is 72.2 Å². The molecule has 1 saturated heterocycles. The summed E-state index contributed by atoms with van der Waals surface area (Å²) in [6.45, 7) is 12.4. The fourth-order valence-corrected chi connectivity index (χ4v) is 4.57. The number of piperidine rings is 1. The normalized spacial score (nSPS) is 18.0. The van der Waals surface area contributed by atoms with Crippen molar-refractivity contribution in [2.24, 2.45) is 11.8 Å². The second-order valence-corrected chi connectivity index (χ2v) is 12.0. The van der Waals surface area contributed by atoms with Crippen molar-refractivity contribution in [1.82, 2.24) is 20.0 Å². The van der Waals surface area contributed by atoms with Gasteiger partial charge < -0.3 is 24.5 Å². The van der Waals surface area contributed by atoms with Crippen LogP contribution in [0.25, 0.3) is 16.9 Å². The summed E-state index contributed by atoms with van der Waals surface area (Å²) in [5.41, 5.74) is 2.67. The maximum Gasteiger partial charge on any atom is 0.407 e. The fourth-order valence-electron chi connectivity index (χ4n) is 4.57. The van der Waals surface area contributed by atoms with E-state index in [1.165, 1.54) is 0 Å². The number of Topliss-reactive ketones (excluding diaryl/α,β-unsaturated/α-hetero) is 1. The van der Waals surface area contributed by atoms with Crippen LogP contribution in [0.5, 0.6) is 0 Å². The maximum absolute atomic E-state index is 13.4. The zero-order valence-corrected chi connectivity index (χ0v) is 23.5. The number of hydrogen-bond acceptors (Lipinski definition) is 7. The molecule has 1 aliphatic rings. The molecule has 1 fully saturated rings. The molecule has 1 aromatic carbocycles. The molecule has 0 spiro atoms. The van der Waals surface area contributed by atoms with Crippen molar-refractivity contribution in [3.63, 3.8) is 0 Å². The minimum Gasteiger partial charge on any atom is -0.460 e. The Kier molecular flexibility index (Phi) is 8.11. The van der Waals surface area contributed by atoms with E-state index in [0.29, 0.717) is 31.6 Å². The Hall–Kier alpha value is -3.72. The van der Waals surface area contributed by atoms with E-state index < -0.39 is 29.1 Å². The number of esters is 1. The molecule has 2 aromatic heterocycles. The van der Waals surface area contributed by atoms with Crippen molar-refractivity contribution in [1.29, 1.82) is 0 Å². The van der Waals surface area contributed by atoms with E-state index in [-0.39, 0.29) is 11.8 Å². The highest BCUT2D eigenvalue weighted by Gasteiger charge is 2.38. The molecule has 0 radical (unpaired) electrons. The van der Waals surface area contributed by atoms with E-state index in [0.717, 1.165) is 22.5 Å². The van der Waals surface area contributed by atoms with Crippen LogP contribution in [-0.4, -0.2) is 51.5 Å². The molecule has 9 heteroatoms. The van der Waals surface area contributed by atoms with Crippen LogP contribution in [0, 0.1) is 11.8 Å². The third-order valence-corrected chi connectivity index (χ3v) is 6.35. The van der Waals surface area contributed by atoms with Crippen molar-refractivity contribution in [3.05, 3.63) is 59.9 Å². The van der Waals surface area contributed by atoms with Crippen LogP contribution in [0.4, 0.5) is 4.79 Å². The number of carbonyl (C=O) groups excluding carboxylic acids is 3. The molecule has 2 atom stereocenters. The Morgan fingerprint density at radius 3 is 2.36 bits per heavy atom. The van der Waals surface area contributed by atoms with Crippen LogP contribution in [0.1, 0.15) is 63.9 Å². The summed E-state index contributed by atoms with van der Waals surface area (Å²) < 4.78 is 12.8. The summed E-state index contributed by atoms with van der Waals surface area (Å²) in [7, 11) is 0. The van der Waals surface area contributed by atoms with Crippen LogP contribution in [0.2, 0.25) is 0 Å². The predicted octanol–water partition coefficient (Wildman–Crippen LogP) is 4.78. The minimum atomic E-state index is -0.597. The molecule has 2 unspecified atom stereocenters. The quantitative estimate of drug-likeness (QED) is 0.346. The fraction of sp³-hybridized carbons (Fsp3) is 0.467. The molecule has 9 nitrogen and oxygen atoms in total. The number of alkyl carbamates (subject to hydrolysis) is 1. The minimum absolute atomic E-state index is 0.0678. The Balaban J connectivity index is 1.45. The number of aromatic nitrogens is 2. The van der Waals surface area contributed by atoms with Crippen LogP contribution < -0.4 is 10.6 Å². The highest BCUT2D eigenvalue weighted by Crippen LogP contribution is 2.28. The zero-order chi connectivity index (χ0) is 28.4. The van der Waals surface area contributed by atoms with Gasteiger partial charge in [0.25, 0.3) is 0 Å². The molecule has 1 amide bonds. The van der Waals surface area contributed by atoms with Crippen molar-refractivity contribution < 1.29 is 23.9 Å². The first-order chi connectivity index (χ1) is 18.3. The van der Waals surface area contributed by atoms with Crippen molar-refractivity contribution >= 4 is 23.5 Å². The third kappa shape index (κ3) is 7.44. The standard InChI is InChI=1S/C30H38N4O5/c1-29(2,3)38-27(36)22-11-13-31-17-23(22)26(35)21-9-7-20(8-10-21)24-18-34-14-12-19(15-25(34)33-24)16-32-28(37)39-30(4,5)6/h7-10,12,14-15,18,22-23,31H,11,13,16-17H2,1-6H3,(H,32,37). The van der Waals surface area contributed by atoms with Gasteiger partial charge in [-0.15, -0.1) is 0 Å². The van der Waals surface area contributed by atoms with E-state index in [9.17, 15) is 14.4 Å². The number of nitrogens with one attached hydrogen (secondary N) is 2.